The van der Waals surface area contributed by atoms with E-state index in [0.29, 0.717) is 29.3 Å². The molecule has 2 aliphatic rings. The van der Waals surface area contributed by atoms with Gasteiger partial charge in [0.05, 0.1) is 11.4 Å². The van der Waals surface area contributed by atoms with E-state index in [0.717, 1.165) is 36.1 Å². The molecule has 29 heavy (non-hydrogen) atoms. The molecule has 5 nitrogen and oxygen atoms in total. The summed E-state index contributed by atoms with van der Waals surface area (Å²) < 4.78 is 5.84. The van der Waals surface area contributed by atoms with Crippen LogP contribution in [0.1, 0.15) is 52.2 Å². The van der Waals surface area contributed by atoms with Gasteiger partial charge in [0.2, 0.25) is 11.8 Å². The van der Waals surface area contributed by atoms with E-state index >= 15 is 0 Å². The topological polar surface area (TPSA) is 59.2 Å². The van der Waals surface area contributed by atoms with E-state index in [1.165, 1.54) is 16.9 Å². The van der Waals surface area contributed by atoms with Gasteiger partial charge in [-0.1, -0.05) is 18.5 Å². The van der Waals surface area contributed by atoms with E-state index in [1.807, 2.05) is 17.0 Å². The monoisotopic (exact) mass is 427 g/mol. The highest BCUT2D eigenvalue weighted by Crippen LogP contribution is 2.35. The number of thiophene rings is 1. The van der Waals surface area contributed by atoms with Gasteiger partial charge >= 0.3 is 0 Å². The number of carbonyl (C=O) groups excluding carboxylic acids is 1. The minimum atomic E-state index is 0.0887. The first-order valence-corrected chi connectivity index (χ1v) is 11.3. The fourth-order valence-corrected chi connectivity index (χ4v) is 5.17. The van der Waals surface area contributed by atoms with Crippen LogP contribution >= 0.6 is 22.9 Å². The Balaban J connectivity index is 1.35. The minimum absolute atomic E-state index is 0.0887. The maximum absolute atomic E-state index is 13.3. The highest BCUT2D eigenvalue weighted by molar-refractivity contribution is 7.14. The number of aryl methyl sites for hydroxylation is 1. The van der Waals surface area contributed by atoms with Crippen molar-refractivity contribution in [3.63, 3.8) is 0 Å². The van der Waals surface area contributed by atoms with Gasteiger partial charge in [0.25, 0.3) is 5.91 Å². The third kappa shape index (κ3) is 3.96. The summed E-state index contributed by atoms with van der Waals surface area (Å²) in [4.78, 5) is 17.4. The molecule has 5 rings (SSSR count). The first kappa shape index (κ1) is 18.8. The fraction of sp³-hybridized carbons (Fsp3) is 0.409. The van der Waals surface area contributed by atoms with Crippen molar-refractivity contribution < 1.29 is 9.21 Å². The van der Waals surface area contributed by atoms with Crippen LogP contribution in [0.15, 0.2) is 34.7 Å². The molecule has 0 bridgehead atoms. The quantitative estimate of drug-likeness (QED) is 0.548. The van der Waals surface area contributed by atoms with Gasteiger partial charge in [-0.3, -0.25) is 4.79 Å². The van der Waals surface area contributed by atoms with Crippen LogP contribution in [0.5, 0.6) is 0 Å². The highest BCUT2D eigenvalue weighted by Gasteiger charge is 2.35. The Kier molecular flexibility index (Phi) is 4.92. The van der Waals surface area contributed by atoms with Crippen LogP contribution in [0.3, 0.4) is 0 Å². The maximum atomic E-state index is 13.3. The summed E-state index contributed by atoms with van der Waals surface area (Å²) in [5, 5.41) is 8.98. The first-order valence-electron chi connectivity index (χ1n) is 10.1. The van der Waals surface area contributed by atoms with Crippen LogP contribution < -0.4 is 0 Å². The molecule has 1 atom stereocenters. The number of nitrogens with zero attached hydrogens (tertiary/aromatic N) is 3. The van der Waals surface area contributed by atoms with Crippen molar-refractivity contribution in [1.82, 2.24) is 15.1 Å². The van der Waals surface area contributed by atoms with Crippen LogP contribution in [-0.2, 0) is 19.4 Å². The molecule has 0 aliphatic heterocycles. The van der Waals surface area contributed by atoms with E-state index in [2.05, 4.69) is 23.2 Å². The number of halogens is 1. The largest absolute Gasteiger partial charge is 0.419 e. The number of fused-ring (bicyclic) bond motifs is 1. The first-order chi connectivity index (χ1) is 14.1. The molecule has 7 heteroatoms. The molecule has 0 saturated heterocycles. The Hall–Kier alpha value is -2.18. The van der Waals surface area contributed by atoms with Crippen LogP contribution in [0, 0.1) is 5.92 Å². The van der Waals surface area contributed by atoms with Crippen molar-refractivity contribution in [1.29, 1.82) is 0 Å². The highest BCUT2D eigenvalue weighted by atomic mass is 35.5. The average molecular weight is 428 g/mol. The zero-order chi connectivity index (χ0) is 20.0. The second kappa shape index (κ2) is 7.58. The van der Waals surface area contributed by atoms with Crippen molar-refractivity contribution in [2.24, 2.45) is 5.92 Å². The average Bonchev–Trinajstić information content (AvgIpc) is 3.30. The fourth-order valence-electron chi connectivity index (χ4n) is 3.88. The molecule has 1 fully saturated rings. The van der Waals surface area contributed by atoms with Gasteiger partial charge in [0.1, 0.15) is 0 Å². The molecule has 0 spiro atoms. The number of hydrogen-bond acceptors (Lipinski definition) is 5. The summed E-state index contributed by atoms with van der Waals surface area (Å²) in [7, 11) is 0. The lowest BCUT2D eigenvalue weighted by molar-refractivity contribution is 0.0719. The molecular formula is C22H22ClN3O2S. The van der Waals surface area contributed by atoms with Crippen LogP contribution in [0.25, 0.3) is 11.5 Å². The summed E-state index contributed by atoms with van der Waals surface area (Å²) >= 11 is 7.61. The Labute approximate surface area is 178 Å². The standard InChI is InChI=1S/C22H22ClN3O2S/c1-13-2-9-18-15(10-13)11-19(29-18)22(27)26(17-7-8-17)12-20-24-25-21(28-20)14-3-5-16(23)6-4-14/h3-6,11,13,17H,2,7-10,12H2,1H3. The van der Waals surface area contributed by atoms with E-state index < -0.39 is 0 Å². The van der Waals surface area contributed by atoms with Crippen molar-refractivity contribution in [3.8, 4) is 11.5 Å². The molecule has 1 aromatic carbocycles. The molecule has 2 aromatic heterocycles. The van der Waals surface area contributed by atoms with E-state index in [9.17, 15) is 4.79 Å². The molecule has 3 aromatic rings. The second-order valence-corrected chi connectivity index (χ2v) is 9.65. The van der Waals surface area contributed by atoms with E-state index in [4.69, 9.17) is 16.0 Å². The smallest absolute Gasteiger partial charge is 0.264 e. The molecule has 2 heterocycles. The SMILES string of the molecule is CC1CCc2sc(C(=O)N(Cc3nnc(-c4ccc(Cl)cc4)o3)C3CC3)cc2C1. The summed E-state index contributed by atoms with van der Waals surface area (Å²) in [6, 6.07) is 9.66. The van der Waals surface area contributed by atoms with Gasteiger partial charge in [0, 0.05) is 21.5 Å². The van der Waals surface area contributed by atoms with E-state index in [-0.39, 0.29) is 11.9 Å². The summed E-state index contributed by atoms with van der Waals surface area (Å²) in [5.41, 5.74) is 2.17. The van der Waals surface area contributed by atoms with Gasteiger partial charge in [-0.15, -0.1) is 21.5 Å². The lowest BCUT2D eigenvalue weighted by Gasteiger charge is -2.19. The van der Waals surface area contributed by atoms with Gasteiger partial charge in [-0.2, -0.15) is 0 Å². The Morgan fingerprint density at radius 1 is 1.24 bits per heavy atom. The Morgan fingerprint density at radius 2 is 2.03 bits per heavy atom. The lowest BCUT2D eigenvalue weighted by Crippen LogP contribution is -2.32. The molecular weight excluding hydrogens is 406 g/mol. The third-order valence-electron chi connectivity index (χ3n) is 5.65. The number of amides is 1. The summed E-state index contributed by atoms with van der Waals surface area (Å²) in [6.07, 6.45) is 5.45. The maximum Gasteiger partial charge on any atom is 0.264 e. The zero-order valence-electron chi connectivity index (χ0n) is 16.2. The molecule has 1 unspecified atom stereocenters. The zero-order valence-corrected chi connectivity index (χ0v) is 17.8. The van der Waals surface area contributed by atoms with Crippen molar-refractivity contribution in [2.75, 3.05) is 0 Å². The van der Waals surface area contributed by atoms with Crippen molar-refractivity contribution >= 4 is 28.8 Å². The van der Waals surface area contributed by atoms with Crippen LogP contribution in [-0.4, -0.2) is 27.0 Å². The number of rotatable bonds is 5. The van der Waals surface area contributed by atoms with Gasteiger partial charge < -0.3 is 9.32 Å². The Morgan fingerprint density at radius 3 is 2.79 bits per heavy atom. The minimum Gasteiger partial charge on any atom is -0.419 e. The van der Waals surface area contributed by atoms with Gasteiger partial charge in [-0.25, -0.2) is 0 Å². The van der Waals surface area contributed by atoms with Gasteiger partial charge in [0.15, 0.2) is 0 Å². The third-order valence-corrected chi connectivity index (χ3v) is 7.13. The lowest BCUT2D eigenvalue weighted by atomic mass is 9.90. The van der Waals surface area contributed by atoms with Crippen molar-refractivity contribution in [2.45, 2.75) is 51.6 Å². The van der Waals surface area contributed by atoms with Crippen LogP contribution in [0.2, 0.25) is 5.02 Å². The molecule has 0 N–H and O–H groups in total. The normalized spacial score (nSPS) is 18.5. The molecule has 150 valence electrons. The number of carbonyl (C=O) groups is 1. The number of aromatic nitrogens is 2. The van der Waals surface area contributed by atoms with Gasteiger partial charge in [-0.05, 0) is 73.9 Å². The second-order valence-electron chi connectivity index (χ2n) is 8.08. The van der Waals surface area contributed by atoms with Crippen molar-refractivity contribution in [3.05, 3.63) is 56.6 Å². The molecule has 1 amide bonds. The molecule has 0 radical (unpaired) electrons. The summed E-state index contributed by atoms with van der Waals surface area (Å²) in [5.74, 6) is 1.70. The van der Waals surface area contributed by atoms with E-state index in [1.54, 1.807) is 23.5 Å². The Bertz CT molecular complexity index is 1040. The predicted octanol–water partition coefficient (Wildman–Crippen LogP) is 5.38. The number of hydrogen-bond donors (Lipinski definition) is 0. The van der Waals surface area contributed by atoms with Crippen LogP contribution in [0.4, 0.5) is 0 Å². The predicted molar refractivity (Wildman–Crippen MR) is 113 cm³/mol. The summed E-state index contributed by atoms with van der Waals surface area (Å²) in [6.45, 7) is 2.63. The molecule has 1 saturated carbocycles. The number of benzene rings is 1. The molecule has 2 aliphatic carbocycles.